The van der Waals surface area contributed by atoms with E-state index in [1.54, 1.807) is 18.2 Å². The minimum Gasteiger partial charge on any atom is -0.490 e. The van der Waals surface area contributed by atoms with Crippen LogP contribution in [-0.4, -0.2) is 27.9 Å². The number of aryl methyl sites for hydroxylation is 1. The summed E-state index contributed by atoms with van der Waals surface area (Å²) in [6.07, 6.45) is 0. The Kier molecular flexibility index (Phi) is 5.17. The molecule has 3 aromatic rings. The summed E-state index contributed by atoms with van der Waals surface area (Å²) in [6, 6.07) is 13.5. The Morgan fingerprint density at radius 1 is 1.12 bits per heavy atom. The van der Waals surface area contributed by atoms with Crippen LogP contribution in [0.25, 0.3) is 11.3 Å². The normalized spacial score (nSPS) is 10.5. The Labute approximate surface area is 151 Å². The molecule has 0 saturated heterocycles. The summed E-state index contributed by atoms with van der Waals surface area (Å²) >= 11 is 0. The van der Waals surface area contributed by atoms with E-state index in [1.165, 1.54) is 5.56 Å². The molecule has 1 amide bonds. The first-order chi connectivity index (χ1) is 12.6. The van der Waals surface area contributed by atoms with Crippen molar-refractivity contribution in [2.75, 3.05) is 6.61 Å². The second-order valence-electron chi connectivity index (χ2n) is 5.76. The lowest BCUT2D eigenvalue weighted by molar-refractivity contribution is 0.0996. The number of primary amides is 1. The van der Waals surface area contributed by atoms with Gasteiger partial charge >= 0.3 is 0 Å². The van der Waals surface area contributed by atoms with Gasteiger partial charge in [0.25, 0.3) is 5.91 Å². The molecule has 3 rings (SSSR count). The smallest absolute Gasteiger partial charge is 0.271 e. The van der Waals surface area contributed by atoms with Crippen LogP contribution in [0.5, 0.6) is 11.5 Å². The molecule has 0 aliphatic carbocycles. The number of benzene rings is 2. The number of amides is 1. The number of nitrogens with zero attached hydrogens (tertiary/aromatic N) is 2. The second-order valence-corrected chi connectivity index (χ2v) is 5.76. The van der Waals surface area contributed by atoms with Gasteiger partial charge in [-0.2, -0.15) is 15.4 Å². The molecular formula is C19H20N4O3. The molecule has 7 nitrogen and oxygen atoms in total. The molecule has 0 unspecified atom stereocenters. The van der Waals surface area contributed by atoms with Crippen molar-refractivity contribution in [1.29, 1.82) is 0 Å². The van der Waals surface area contributed by atoms with Crippen LogP contribution in [-0.2, 0) is 6.61 Å². The van der Waals surface area contributed by atoms with Gasteiger partial charge in [0.2, 0.25) is 0 Å². The van der Waals surface area contributed by atoms with Crippen molar-refractivity contribution in [3.63, 3.8) is 0 Å². The number of nitrogens with two attached hydrogens (primary N) is 1. The number of rotatable bonds is 7. The molecule has 3 N–H and O–H groups in total. The number of aromatic nitrogens is 3. The lowest BCUT2D eigenvalue weighted by atomic mass is 10.1. The molecule has 0 aliphatic rings. The largest absolute Gasteiger partial charge is 0.490 e. The molecule has 134 valence electrons. The van der Waals surface area contributed by atoms with Crippen molar-refractivity contribution >= 4 is 5.91 Å². The molecule has 0 spiro atoms. The maximum atomic E-state index is 11.5. The lowest BCUT2D eigenvalue weighted by Crippen LogP contribution is -2.12. The van der Waals surface area contributed by atoms with E-state index in [0.29, 0.717) is 36.0 Å². The summed E-state index contributed by atoms with van der Waals surface area (Å²) in [7, 11) is 0. The Morgan fingerprint density at radius 2 is 1.96 bits per heavy atom. The monoisotopic (exact) mass is 352 g/mol. The standard InChI is InChI=1S/C19H20N4O3/c1-3-25-16-10-14(17-18(19(20)24)22-23-21-17)7-8-15(16)26-11-13-6-4-5-12(2)9-13/h4-10H,3,11H2,1-2H3,(H2,20,24)(H,21,22,23). The third-order valence-corrected chi connectivity index (χ3v) is 3.78. The third-order valence-electron chi connectivity index (χ3n) is 3.78. The van der Waals surface area contributed by atoms with Crippen LogP contribution < -0.4 is 15.2 Å². The first-order valence-corrected chi connectivity index (χ1v) is 8.24. The number of ether oxygens (including phenoxy) is 2. The topological polar surface area (TPSA) is 103 Å². The summed E-state index contributed by atoms with van der Waals surface area (Å²) in [6.45, 7) is 4.84. The van der Waals surface area contributed by atoms with E-state index >= 15 is 0 Å². The van der Waals surface area contributed by atoms with Crippen molar-refractivity contribution in [2.45, 2.75) is 20.5 Å². The lowest BCUT2D eigenvalue weighted by Gasteiger charge is -2.13. The zero-order chi connectivity index (χ0) is 18.5. The zero-order valence-corrected chi connectivity index (χ0v) is 14.7. The average molecular weight is 352 g/mol. The number of hydrogen-bond donors (Lipinski definition) is 2. The predicted molar refractivity (Wildman–Crippen MR) is 97.0 cm³/mol. The Balaban J connectivity index is 1.87. The quantitative estimate of drug-likeness (QED) is 0.680. The predicted octanol–water partition coefficient (Wildman–Crippen LogP) is 2.86. The molecule has 0 bridgehead atoms. The van der Waals surface area contributed by atoms with E-state index in [0.717, 1.165) is 5.56 Å². The molecular weight excluding hydrogens is 332 g/mol. The molecule has 0 radical (unpaired) electrons. The van der Waals surface area contributed by atoms with E-state index in [4.69, 9.17) is 15.2 Å². The van der Waals surface area contributed by atoms with Gasteiger partial charge < -0.3 is 15.2 Å². The van der Waals surface area contributed by atoms with E-state index < -0.39 is 5.91 Å². The minimum atomic E-state index is -0.647. The van der Waals surface area contributed by atoms with Gasteiger partial charge in [-0.25, -0.2) is 0 Å². The Hall–Kier alpha value is -3.35. The van der Waals surface area contributed by atoms with Gasteiger partial charge in [0, 0.05) is 5.56 Å². The molecule has 1 aromatic heterocycles. The van der Waals surface area contributed by atoms with Crippen LogP contribution in [0.15, 0.2) is 42.5 Å². The minimum absolute atomic E-state index is 0.0841. The van der Waals surface area contributed by atoms with E-state index in [-0.39, 0.29) is 5.69 Å². The number of carbonyl (C=O) groups is 1. The van der Waals surface area contributed by atoms with Crippen molar-refractivity contribution in [1.82, 2.24) is 15.4 Å². The summed E-state index contributed by atoms with van der Waals surface area (Å²) in [5, 5.41) is 10.2. The fraction of sp³-hybridized carbons (Fsp3) is 0.211. The molecule has 2 aromatic carbocycles. The molecule has 0 fully saturated rings. The highest BCUT2D eigenvalue weighted by Gasteiger charge is 2.17. The highest BCUT2D eigenvalue weighted by molar-refractivity contribution is 5.96. The Bertz CT molecular complexity index is 921. The van der Waals surface area contributed by atoms with Crippen molar-refractivity contribution in [3.05, 3.63) is 59.3 Å². The fourth-order valence-electron chi connectivity index (χ4n) is 2.61. The molecule has 0 saturated carbocycles. The SMILES string of the molecule is CCOc1cc(-c2n[nH]nc2C(N)=O)ccc1OCc1cccc(C)c1. The number of hydrogen-bond acceptors (Lipinski definition) is 5. The summed E-state index contributed by atoms with van der Waals surface area (Å²) in [5.74, 6) is 0.531. The van der Waals surface area contributed by atoms with Gasteiger partial charge in [-0.15, -0.1) is 0 Å². The van der Waals surface area contributed by atoms with Crippen LogP contribution in [0.1, 0.15) is 28.5 Å². The highest BCUT2D eigenvalue weighted by Crippen LogP contribution is 2.33. The molecule has 7 heteroatoms. The maximum Gasteiger partial charge on any atom is 0.271 e. The number of H-pyrrole nitrogens is 1. The maximum absolute atomic E-state index is 11.5. The van der Waals surface area contributed by atoms with Crippen molar-refractivity contribution in [2.24, 2.45) is 5.73 Å². The van der Waals surface area contributed by atoms with Crippen molar-refractivity contribution in [3.8, 4) is 22.8 Å². The van der Waals surface area contributed by atoms with Gasteiger partial charge in [0.15, 0.2) is 17.2 Å². The van der Waals surface area contributed by atoms with E-state index in [2.05, 4.69) is 21.5 Å². The summed E-state index contributed by atoms with van der Waals surface area (Å²) < 4.78 is 11.6. The third kappa shape index (κ3) is 3.83. The Morgan fingerprint density at radius 3 is 2.69 bits per heavy atom. The highest BCUT2D eigenvalue weighted by atomic mass is 16.5. The van der Waals surface area contributed by atoms with Gasteiger partial charge in [-0.05, 0) is 37.6 Å². The van der Waals surface area contributed by atoms with Crippen LogP contribution in [0.4, 0.5) is 0 Å². The van der Waals surface area contributed by atoms with Gasteiger partial charge in [0.05, 0.1) is 6.61 Å². The average Bonchev–Trinajstić information content (AvgIpc) is 3.11. The zero-order valence-electron chi connectivity index (χ0n) is 14.7. The number of carbonyl (C=O) groups excluding carboxylic acids is 1. The fourth-order valence-corrected chi connectivity index (χ4v) is 2.61. The van der Waals surface area contributed by atoms with Crippen LogP contribution >= 0.6 is 0 Å². The molecule has 26 heavy (non-hydrogen) atoms. The van der Waals surface area contributed by atoms with E-state index in [9.17, 15) is 4.79 Å². The first kappa shape index (κ1) is 17.5. The van der Waals surface area contributed by atoms with Crippen LogP contribution in [0.3, 0.4) is 0 Å². The van der Waals surface area contributed by atoms with E-state index in [1.807, 2.05) is 32.0 Å². The molecule has 1 heterocycles. The second kappa shape index (κ2) is 7.69. The van der Waals surface area contributed by atoms with Crippen LogP contribution in [0, 0.1) is 6.92 Å². The summed E-state index contributed by atoms with van der Waals surface area (Å²) in [4.78, 5) is 11.5. The summed E-state index contributed by atoms with van der Waals surface area (Å²) in [5.41, 5.74) is 8.71. The van der Waals surface area contributed by atoms with Gasteiger partial charge in [0.1, 0.15) is 12.3 Å². The molecule has 0 atom stereocenters. The number of nitrogens with one attached hydrogen (secondary N) is 1. The molecule has 0 aliphatic heterocycles. The van der Waals surface area contributed by atoms with Crippen molar-refractivity contribution < 1.29 is 14.3 Å². The van der Waals surface area contributed by atoms with Crippen LogP contribution in [0.2, 0.25) is 0 Å². The van der Waals surface area contributed by atoms with Gasteiger partial charge in [-0.3, -0.25) is 4.79 Å². The first-order valence-electron chi connectivity index (χ1n) is 8.24. The number of aromatic amines is 1. The van der Waals surface area contributed by atoms with Gasteiger partial charge in [-0.1, -0.05) is 29.8 Å².